The van der Waals surface area contributed by atoms with Gasteiger partial charge in [0.15, 0.2) is 0 Å². The Labute approximate surface area is 144 Å². The van der Waals surface area contributed by atoms with Gasteiger partial charge in [-0.25, -0.2) is 10.3 Å². The molecule has 0 aromatic heterocycles. The van der Waals surface area contributed by atoms with Crippen molar-refractivity contribution < 1.29 is 19.5 Å². The number of nitrogens with zero attached hydrogens (tertiary/aromatic N) is 1. The number of amides is 1. The van der Waals surface area contributed by atoms with E-state index in [4.69, 9.17) is 21.5 Å². The Morgan fingerprint density at radius 3 is 2.42 bits per heavy atom. The number of halogens is 1. The molecule has 0 bridgehead atoms. The average Bonchev–Trinajstić information content (AvgIpc) is 2.54. The lowest BCUT2D eigenvalue weighted by Crippen LogP contribution is -2.26. The van der Waals surface area contributed by atoms with Crippen LogP contribution in [0.15, 0.2) is 42.5 Å². The van der Waals surface area contributed by atoms with Crippen molar-refractivity contribution in [2.24, 2.45) is 0 Å². The number of hydroxylamine groups is 1. The zero-order chi connectivity index (χ0) is 17.7. The van der Waals surface area contributed by atoms with E-state index in [1.165, 1.54) is 12.1 Å². The van der Waals surface area contributed by atoms with E-state index in [1.54, 1.807) is 35.2 Å². The topological polar surface area (TPSA) is 78.9 Å². The van der Waals surface area contributed by atoms with E-state index in [1.807, 2.05) is 14.1 Å². The van der Waals surface area contributed by atoms with Crippen molar-refractivity contribution >= 4 is 29.2 Å². The number of carbonyl (C=O) groups is 2. The van der Waals surface area contributed by atoms with Crippen molar-refractivity contribution in [3.63, 3.8) is 0 Å². The molecule has 2 rings (SSSR count). The van der Waals surface area contributed by atoms with Crippen LogP contribution in [-0.4, -0.2) is 31.1 Å². The Kier molecular flexibility index (Phi) is 5.78. The summed E-state index contributed by atoms with van der Waals surface area (Å²) in [5.74, 6) is -1.41. The van der Waals surface area contributed by atoms with Gasteiger partial charge in [-0.2, -0.15) is 0 Å². The van der Waals surface area contributed by atoms with Crippen molar-refractivity contribution in [1.29, 1.82) is 0 Å². The highest BCUT2D eigenvalue weighted by Gasteiger charge is 2.14. The second kappa shape index (κ2) is 7.81. The molecule has 24 heavy (non-hydrogen) atoms. The molecule has 0 aliphatic heterocycles. The van der Waals surface area contributed by atoms with Gasteiger partial charge in [-0.15, -0.1) is 0 Å². The van der Waals surface area contributed by atoms with Crippen molar-refractivity contribution in [2.45, 2.75) is 6.61 Å². The first-order valence-electron chi connectivity index (χ1n) is 7.09. The fourth-order valence-electron chi connectivity index (χ4n) is 2.06. The second-order valence-corrected chi connectivity index (χ2v) is 5.71. The molecule has 0 radical (unpaired) electrons. The van der Waals surface area contributed by atoms with Crippen LogP contribution >= 0.6 is 11.6 Å². The zero-order valence-electron chi connectivity index (χ0n) is 13.2. The number of carboxylic acids is 1. The van der Waals surface area contributed by atoms with Crippen LogP contribution in [0.2, 0.25) is 5.02 Å². The average molecular weight is 349 g/mol. The lowest BCUT2D eigenvalue weighted by Gasteiger charge is -2.17. The predicted molar refractivity (Wildman–Crippen MR) is 91.4 cm³/mol. The van der Waals surface area contributed by atoms with Gasteiger partial charge in [0.1, 0.15) is 0 Å². The molecule has 2 aromatic carbocycles. The third-order valence-electron chi connectivity index (χ3n) is 3.29. The lowest BCUT2D eigenvalue weighted by atomic mass is 10.1. The van der Waals surface area contributed by atoms with E-state index in [0.717, 1.165) is 5.56 Å². The first-order valence-corrected chi connectivity index (χ1v) is 7.47. The number of carbonyl (C=O) groups excluding carboxylic acids is 1. The Morgan fingerprint density at radius 1 is 1.17 bits per heavy atom. The van der Waals surface area contributed by atoms with Crippen molar-refractivity contribution in [1.82, 2.24) is 5.48 Å². The second-order valence-electron chi connectivity index (χ2n) is 5.28. The molecule has 0 aliphatic carbocycles. The van der Waals surface area contributed by atoms with Gasteiger partial charge in [0.25, 0.3) is 5.91 Å². The number of hydrogen-bond donors (Lipinski definition) is 2. The molecular formula is C17H17ClN2O4. The van der Waals surface area contributed by atoms with Crippen LogP contribution in [0, 0.1) is 0 Å². The third kappa shape index (κ3) is 4.47. The molecule has 1 amide bonds. The molecule has 0 aliphatic rings. The summed E-state index contributed by atoms with van der Waals surface area (Å²) in [4.78, 5) is 30.0. The van der Waals surface area contributed by atoms with Gasteiger partial charge in [-0.3, -0.25) is 9.63 Å². The summed E-state index contributed by atoms with van der Waals surface area (Å²) < 4.78 is 0. The minimum atomic E-state index is -0.993. The molecule has 0 fully saturated rings. The summed E-state index contributed by atoms with van der Waals surface area (Å²) in [7, 11) is 3.65. The molecule has 0 saturated heterocycles. The third-order valence-corrected chi connectivity index (χ3v) is 3.52. The van der Waals surface area contributed by atoms with Crippen LogP contribution < -0.4 is 10.4 Å². The smallest absolute Gasteiger partial charge is 0.335 e. The number of aromatic carboxylic acids is 1. The number of rotatable bonds is 6. The van der Waals surface area contributed by atoms with Gasteiger partial charge in [-0.05, 0) is 35.9 Å². The van der Waals surface area contributed by atoms with Crippen LogP contribution in [0.1, 0.15) is 26.3 Å². The highest BCUT2D eigenvalue weighted by Crippen LogP contribution is 2.22. The number of hydrogen-bond acceptors (Lipinski definition) is 4. The van der Waals surface area contributed by atoms with Crippen LogP contribution in [0.25, 0.3) is 0 Å². The summed E-state index contributed by atoms with van der Waals surface area (Å²) in [6, 6.07) is 11.2. The molecule has 0 unspecified atom stereocenters. The predicted octanol–water partition coefficient (Wildman–Crippen LogP) is 2.97. The van der Waals surface area contributed by atoms with Crippen molar-refractivity contribution in [3.05, 3.63) is 64.2 Å². The van der Waals surface area contributed by atoms with Gasteiger partial charge in [-0.1, -0.05) is 23.7 Å². The molecular weight excluding hydrogens is 332 g/mol. The van der Waals surface area contributed by atoms with Crippen LogP contribution in [0.4, 0.5) is 5.69 Å². The van der Waals surface area contributed by atoms with Crippen molar-refractivity contribution in [3.8, 4) is 0 Å². The molecule has 0 spiro atoms. The molecule has 126 valence electrons. The molecule has 7 heteroatoms. The molecule has 2 aromatic rings. The summed E-state index contributed by atoms with van der Waals surface area (Å²) in [6.07, 6.45) is 0. The Balaban J connectivity index is 1.98. The van der Waals surface area contributed by atoms with Gasteiger partial charge in [0.05, 0.1) is 17.7 Å². The van der Waals surface area contributed by atoms with Crippen LogP contribution in [0.5, 0.6) is 0 Å². The van der Waals surface area contributed by atoms with E-state index in [-0.39, 0.29) is 12.2 Å². The van der Waals surface area contributed by atoms with Gasteiger partial charge < -0.3 is 10.0 Å². The van der Waals surface area contributed by atoms with E-state index in [0.29, 0.717) is 16.3 Å². The van der Waals surface area contributed by atoms with Crippen LogP contribution in [-0.2, 0) is 11.4 Å². The largest absolute Gasteiger partial charge is 0.478 e. The fourth-order valence-corrected chi connectivity index (χ4v) is 2.24. The summed E-state index contributed by atoms with van der Waals surface area (Å²) in [5, 5.41) is 9.29. The molecule has 6 nitrogen and oxygen atoms in total. The summed E-state index contributed by atoms with van der Waals surface area (Å²) in [5.41, 5.74) is 4.41. The zero-order valence-corrected chi connectivity index (χ0v) is 14.0. The van der Waals surface area contributed by atoms with Gasteiger partial charge in [0, 0.05) is 24.8 Å². The SMILES string of the molecule is CN(C)c1ccc(Cl)cc1C(=O)NOCc1ccc(C(=O)O)cc1. The Hall–Kier alpha value is -2.57. The summed E-state index contributed by atoms with van der Waals surface area (Å²) >= 11 is 5.95. The normalized spacial score (nSPS) is 10.3. The lowest BCUT2D eigenvalue weighted by molar-refractivity contribution is 0.0234. The molecule has 0 heterocycles. The number of benzene rings is 2. The summed E-state index contributed by atoms with van der Waals surface area (Å²) in [6.45, 7) is 0.115. The van der Waals surface area contributed by atoms with E-state index in [9.17, 15) is 9.59 Å². The number of anilines is 1. The highest BCUT2D eigenvalue weighted by atomic mass is 35.5. The Bertz CT molecular complexity index is 745. The number of carboxylic acid groups (broad SMARTS) is 1. The highest BCUT2D eigenvalue weighted by molar-refractivity contribution is 6.31. The fraction of sp³-hybridized carbons (Fsp3) is 0.176. The molecule has 2 N–H and O–H groups in total. The maximum atomic E-state index is 12.3. The van der Waals surface area contributed by atoms with Gasteiger partial charge >= 0.3 is 5.97 Å². The first kappa shape index (κ1) is 17.8. The molecule has 0 atom stereocenters. The van der Waals surface area contributed by atoms with E-state index < -0.39 is 11.9 Å². The minimum absolute atomic E-state index is 0.115. The number of nitrogens with one attached hydrogen (secondary N) is 1. The Morgan fingerprint density at radius 2 is 1.83 bits per heavy atom. The maximum absolute atomic E-state index is 12.3. The minimum Gasteiger partial charge on any atom is -0.478 e. The first-order chi connectivity index (χ1) is 11.4. The maximum Gasteiger partial charge on any atom is 0.335 e. The quantitative estimate of drug-likeness (QED) is 0.785. The van der Waals surface area contributed by atoms with Crippen LogP contribution in [0.3, 0.4) is 0 Å². The monoisotopic (exact) mass is 348 g/mol. The van der Waals surface area contributed by atoms with Gasteiger partial charge in [0.2, 0.25) is 0 Å². The van der Waals surface area contributed by atoms with Crippen molar-refractivity contribution in [2.75, 3.05) is 19.0 Å². The standard InChI is InChI=1S/C17H17ClN2O4/c1-20(2)15-8-7-13(18)9-14(15)16(21)19-24-10-11-3-5-12(6-4-11)17(22)23/h3-9H,10H2,1-2H3,(H,19,21)(H,22,23). The van der Waals surface area contributed by atoms with E-state index >= 15 is 0 Å². The van der Waals surface area contributed by atoms with E-state index in [2.05, 4.69) is 5.48 Å². The molecule has 0 saturated carbocycles.